The maximum Gasteiger partial charge on any atom is 0.138 e. The Morgan fingerprint density at radius 2 is 2.29 bits per heavy atom. The van der Waals surface area contributed by atoms with Gasteiger partial charge in [-0.1, -0.05) is 13.3 Å². The minimum Gasteiger partial charge on any atom is -0.299 e. The lowest BCUT2D eigenvalue weighted by atomic mass is 10.2. The van der Waals surface area contributed by atoms with Crippen molar-refractivity contribution in [3.63, 3.8) is 0 Å². The SMILES string of the molecule is CCCC/C=C/[O]. The lowest BCUT2D eigenvalue weighted by molar-refractivity contribution is 0.349. The van der Waals surface area contributed by atoms with Gasteiger partial charge in [0.1, 0.15) is 6.26 Å². The Morgan fingerprint density at radius 3 is 2.71 bits per heavy atom. The Balaban J connectivity index is 2.69. The second-order valence-electron chi connectivity index (χ2n) is 1.51. The predicted molar refractivity (Wildman–Crippen MR) is 29.4 cm³/mol. The van der Waals surface area contributed by atoms with Crippen molar-refractivity contribution in [1.82, 2.24) is 0 Å². The van der Waals surface area contributed by atoms with Gasteiger partial charge in [-0.15, -0.1) is 0 Å². The molecule has 1 nitrogen and oxygen atoms in total. The van der Waals surface area contributed by atoms with Crippen molar-refractivity contribution in [3.05, 3.63) is 12.3 Å². The van der Waals surface area contributed by atoms with Crippen LogP contribution >= 0.6 is 0 Å². The summed E-state index contributed by atoms with van der Waals surface area (Å²) in [5, 5.41) is 9.62. The summed E-state index contributed by atoms with van der Waals surface area (Å²) in [6.45, 7) is 2.11. The maximum absolute atomic E-state index is 9.62. The third kappa shape index (κ3) is 5.54. The monoisotopic (exact) mass is 99.1 g/mol. The fourth-order valence-electron chi connectivity index (χ4n) is 0.390. The topological polar surface area (TPSA) is 19.9 Å². The molecule has 0 spiro atoms. The molecule has 0 aromatic rings. The number of hydrogen-bond donors (Lipinski definition) is 0. The number of allylic oxidation sites excluding steroid dienone is 1. The Kier molecular flexibility index (Phi) is 5.18. The molecule has 0 bridgehead atoms. The number of hydrogen-bond acceptors (Lipinski definition) is 0. The van der Waals surface area contributed by atoms with Crippen molar-refractivity contribution in [1.29, 1.82) is 0 Å². The second-order valence-corrected chi connectivity index (χ2v) is 1.51. The van der Waals surface area contributed by atoms with Crippen LogP contribution < -0.4 is 0 Å². The predicted octanol–water partition coefficient (Wildman–Crippen LogP) is 2.12. The van der Waals surface area contributed by atoms with E-state index in [1.165, 1.54) is 6.42 Å². The van der Waals surface area contributed by atoms with Crippen molar-refractivity contribution >= 4 is 0 Å². The Morgan fingerprint density at radius 1 is 1.57 bits per heavy atom. The smallest absolute Gasteiger partial charge is 0.138 e. The van der Waals surface area contributed by atoms with E-state index in [-0.39, 0.29) is 0 Å². The van der Waals surface area contributed by atoms with E-state index < -0.39 is 0 Å². The molecule has 0 aliphatic heterocycles. The van der Waals surface area contributed by atoms with Gasteiger partial charge in [0.2, 0.25) is 0 Å². The van der Waals surface area contributed by atoms with Crippen LogP contribution in [0.5, 0.6) is 0 Å². The lowest BCUT2D eigenvalue weighted by Crippen LogP contribution is -1.64. The van der Waals surface area contributed by atoms with E-state index in [9.17, 15) is 5.11 Å². The van der Waals surface area contributed by atoms with Crippen LogP contribution in [0.3, 0.4) is 0 Å². The molecule has 0 atom stereocenters. The van der Waals surface area contributed by atoms with Crippen LogP contribution in [0.4, 0.5) is 0 Å². The number of rotatable bonds is 3. The number of unbranched alkanes of at least 4 members (excludes halogenated alkanes) is 2. The maximum atomic E-state index is 9.62. The second kappa shape index (κ2) is 5.54. The van der Waals surface area contributed by atoms with Crippen LogP contribution in [0.15, 0.2) is 12.3 Å². The summed E-state index contributed by atoms with van der Waals surface area (Å²) in [6, 6.07) is 0. The quantitative estimate of drug-likeness (QED) is 0.381. The molecule has 0 saturated carbocycles. The van der Waals surface area contributed by atoms with E-state index in [2.05, 4.69) is 6.92 Å². The van der Waals surface area contributed by atoms with Gasteiger partial charge in [-0.05, 0) is 18.9 Å². The molecule has 0 fully saturated rings. The zero-order chi connectivity index (χ0) is 5.54. The average molecular weight is 99.2 g/mol. The first-order chi connectivity index (χ1) is 3.41. The highest BCUT2D eigenvalue weighted by molar-refractivity contribution is 4.69. The zero-order valence-electron chi connectivity index (χ0n) is 4.68. The molecular formula is C6H11O. The summed E-state index contributed by atoms with van der Waals surface area (Å²) < 4.78 is 0. The molecule has 0 aliphatic rings. The van der Waals surface area contributed by atoms with Gasteiger partial charge in [-0.2, -0.15) is 0 Å². The van der Waals surface area contributed by atoms with Gasteiger partial charge < -0.3 is 0 Å². The van der Waals surface area contributed by atoms with Gasteiger partial charge >= 0.3 is 0 Å². The van der Waals surface area contributed by atoms with E-state index in [4.69, 9.17) is 0 Å². The van der Waals surface area contributed by atoms with Crippen molar-refractivity contribution in [2.24, 2.45) is 0 Å². The molecule has 1 heteroatoms. The fourth-order valence-corrected chi connectivity index (χ4v) is 0.390. The minimum absolute atomic E-state index is 0.857. The highest BCUT2D eigenvalue weighted by Crippen LogP contribution is 1.92. The summed E-state index contributed by atoms with van der Waals surface area (Å²) in [6.07, 6.45) is 5.77. The minimum atomic E-state index is 0.857. The molecule has 0 heterocycles. The third-order valence-corrected chi connectivity index (χ3v) is 0.821. The first kappa shape index (κ1) is 6.54. The van der Waals surface area contributed by atoms with E-state index in [1.54, 1.807) is 6.08 Å². The highest BCUT2D eigenvalue weighted by atomic mass is 16.2. The van der Waals surface area contributed by atoms with Crippen molar-refractivity contribution < 1.29 is 5.11 Å². The molecule has 41 valence electrons. The molecular weight excluding hydrogens is 88.1 g/mol. The van der Waals surface area contributed by atoms with E-state index in [1.807, 2.05) is 0 Å². The average Bonchev–Trinajstić information content (AvgIpc) is 1.69. The molecule has 0 rings (SSSR count). The van der Waals surface area contributed by atoms with Crippen molar-refractivity contribution in [2.45, 2.75) is 26.2 Å². The fraction of sp³-hybridized carbons (Fsp3) is 0.667. The van der Waals surface area contributed by atoms with Gasteiger partial charge in [-0.3, -0.25) is 5.11 Å². The molecule has 0 saturated heterocycles. The first-order valence-electron chi connectivity index (χ1n) is 2.68. The summed E-state index contributed by atoms with van der Waals surface area (Å²) in [7, 11) is 0. The van der Waals surface area contributed by atoms with E-state index in [0.717, 1.165) is 19.1 Å². The third-order valence-electron chi connectivity index (χ3n) is 0.821. The van der Waals surface area contributed by atoms with Crippen LogP contribution in [-0.2, 0) is 5.11 Å². The molecule has 0 aliphatic carbocycles. The standard InChI is InChI=1S/C6H11O/c1-2-3-4-5-6-7/h5-6H,2-4H2,1H3/b6-5+. The van der Waals surface area contributed by atoms with Crippen molar-refractivity contribution in [3.8, 4) is 0 Å². The van der Waals surface area contributed by atoms with Gasteiger partial charge in [0.05, 0.1) is 0 Å². The van der Waals surface area contributed by atoms with Gasteiger partial charge in [0.25, 0.3) is 0 Å². The largest absolute Gasteiger partial charge is 0.299 e. The van der Waals surface area contributed by atoms with Crippen LogP contribution in [0.1, 0.15) is 26.2 Å². The molecule has 0 aromatic heterocycles. The Labute approximate surface area is 44.7 Å². The summed E-state index contributed by atoms with van der Waals surface area (Å²) >= 11 is 0. The highest BCUT2D eigenvalue weighted by Gasteiger charge is 1.74. The van der Waals surface area contributed by atoms with Gasteiger partial charge in [-0.25, -0.2) is 0 Å². The molecule has 0 amide bonds. The summed E-state index contributed by atoms with van der Waals surface area (Å²) in [5.41, 5.74) is 0. The normalized spacial score (nSPS) is 10.4. The Hall–Kier alpha value is -0.460. The van der Waals surface area contributed by atoms with Crippen molar-refractivity contribution in [2.75, 3.05) is 0 Å². The van der Waals surface area contributed by atoms with Crippen LogP contribution in [0.2, 0.25) is 0 Å². The summed E-state index contributed by atoms with van der Waals surface area (Å²) in [4.78, 5) is 0. The van der Waals surface area contributed by atoms with Crippen LogP contribution in [-0.4, -0.2) is 0 Å². The zero-order valence-corrected chi connectivity index (χ0v) is 4.68. The lowest BCUT2D eigenvalue weighted by Gasteiger charge is -1.82. The molecule has 1 radical (unpaired) electrons. The summed E-state index contributed by atoms with van der Waals surface area (Å²) in [5.74, 6) is 0. The van der Waals surface area contributed by atoms with Gasteiger partial charge in [0.15, 0.2) is 0 Å². The Bertz CT molecular complexity index is 48.1. The van der Waals surface area contributed by atoms with Crippen LogP contribution in [0.25, 0.3) is 0 Å². The molecule has 0 aromatic carbocycles. The molecule has 7 heavy (non-hydrogen) atoms. The van der Waals surface area contributed by atoms with Crippen LogP contribution in [0, 0.1) is 0 Å². The van der Waals surface area contributed by atoms with E-state index in [0.29, 0.717) is 0 Å². The molecule has 0 unspecified atom stereocenters. The van der Waals surface area contributed by atoms with Gasteiger partial charge in [0, 0.05) is 0 Å². The molecule has 0 N–H and O–H groups in total. The van der Waals surface area contributed by atoms with E-state index >= 15 is 0 Å². The first-order valence-corrected chi connectivity index (χ1v) is 2.68.